The summed E-state index contributed by atoms with van der Waals surface area (Å²) in [5, 5.41) is 10.5. The Hall–Kier alpha value is -3.30. The number of nitrogens with zero attached hydrogens (tertiary/aromatic N) is 1. The minimum Gasteiger partial charge on any atom is -0.489 e. The quantitative estimate of drug-likeness (QED) is 0.296. The lowest BCUT2D eigenvalue weighted by molar-refractivity contribution is -0.138. The second kappa shape index (κ2) is 8.92. The van der Waals surface area contributed by atoms with Gasteiger partial charge in [0.25, 0.3) is 5.91 Å². The van der Waals surface area contributed by atoms with E-state index in [0.29, 0.717) is 17.0 Å². The van der Waals surface area contributed by atoms with Crippen molar-refractivity contribution in [3.63, 3.8) is 0 Å². The van der Waals surface area contributed by atoms with Gasteiger partial charge >= 0.3 is 6.18 Å². The molecule has 0 bridgehead atoms. The van der Waals surface area contributed by atoms with Crippen LogP contribution in [0, 0.1) is 5.82 Å². The van der Waals surface area contributed by atoms with E-state index in [9.17, 15) is 22.4 Å². The van der Waals surface area contributed by atoms with Gasteiger partial charge in [-0.2, -0.15) is 18.3 Å². The van der Waals surface area contributed by atoms with Crippen molar-refractivity contribution >= 4 is 45.8 Å². The number of fused-ring (bicyclic) bond motifs is 1. The van der Waals surface area contributed by atoms with Gasteiger partial charge in [0.05, 0.1) is 11.1 Å². The monoisotopic (exact) mass is 497 g/mol. The first kappa shape index (κ1) is 22.9. The van der Waals surface area contributed by atoms with Crippen LogP contribution >= 0.6 is 23.2 Å². The van der Waals surface area contributed by atoms with Crippen molar-refractivity contribution in [2.45, 2.75) is 12.8 Å². The lowest BCUT2D eigenvalue weighted by atomic mass is 10.1. The second-order valence-electron chi connectivity index (χ2n) is 6.98. The van der Waals surface area contributed by atoms with Crippen LogP contribution in [0.3, 0.4) is 0 Å². The molecule has 4 rings (SSSR count). The van der Waals surface area contributed by atoms with Crippen molar-refractivity contribution in [1.29, 1.82) is 0 Å². The molecule has 5 nitrogen and oxygen atoms in total. The molecule has 0 aliphatic carbocycles. The highest BCUT2D eigenvalue weighted by molar-refractivity contribution is 6.35. The molecule has 0 atom stereocenters. The average molecular weight is 498 g/mol. The average Bonchev–Trinajstić information content (AvgIpc) is 3.13. The van der Waals surface area contributed by atoms with Gasteiger partial charge in [0.1, 0.15) is 18.2 Å². The first-order valence-electron chi connectivity index (χ1n) is 9.34. The van der Waals surface area contributed by atoms with E-state index in [0.717, 1.165) is 12.1 Å². The molecule has 11 heteroatoms. The normalized spacial score (nSPS) is 11.6. The first-order valence-corrected chi connectivity index (χ1v) is 10.1. The SMILES string of the molecule is O=C(Nc1n[nH]c2ccc(OCc3ccc(F)cc3C(F)(F)F)cc12)c1cc(Cl)cc(Cl)c1. The number of halogens is 6. The number of aromatic amines is 1. The highest BCUT2D eigenvalue weighted by Gasteiger charge is 2.33. The van der Waals surface area contributed by atoms with E-state index in [-0.39, 0.29) is 32.7 Å². The number of carbonyl (C=O) groups excluding carboxylic acids is 1. The van der Waals surface area contributed by atoms with Crippen molar-refractivity contribution in [2.75, 3.05) is 5.32 Å². The van der Waals surface area contributed by atoms with Gasteiger partial charge in [-0.05, 0) is 48.5 Å². The van der Waals surface area contributed by atoms with Gasteiger partial charge in [-0.1, -0.05) is 29.3 Å². The molecular formula is C22H13Cl2F4N3O2. The Bertz CT molecular complexity index is 1340. The van der Waals surface area contributed by atoms with Crippen LogP contribution in [-0.2, 0) is 12.8 Å². The third-order valence-electron chi connectivity index (χ3n) is 4.66. The summed E-state index contributed by atoms with van der Waals surface area (Å²) in [7, 11) is 0. The fourth-order valence-electron chi connectivity index (χ4n) is 3.14. The lowest BCUT2D eigenvalue weighted by Crippen LogP contribution is -2.12. The number of nitrogens with one attached hydrogen (secondary N) is 2. The molecule has 2 N–H and O–H groups in total. The van der Waals surface area contributed by atoms with Crippen LogP contribution in [0.4, 0.5) is 23.4 Å². The summed E-state index contributed by atoms with van der Waals surface area (Å²) in [6.45, 7) is -0.443. The van der Waals surface area contributed by atoms with E-state index < -0.39 is 30.1 Å². The van der Waals surface area contributed by atoms with Crippen LogP contribution < -0.4 is 10.1 Å². The lowest BCUT2D eigenvalue weighted by Gasteiger charge is -2.14. The number of amides is 1. The summed E-state index contributed by atoms with van der Waals surface area (Å²) in [4.78, 5) is 12.6. The molecule has 0 saturated heterocycles. The Morgan fingerprint density at radius 3 is 2.45 bits per heavy atom. The van der Waals surface area contributed by atoms with E-state index in [1.807, 2.05) is 0 Å². The van der Waals surface area contributed by atoms with Crippen LogP contribution in [0.25, 0.3) is 10.9 Å². The topological polar surface area (TPSA) is 67.0 Å². The molecule has 1 heterocycles. The zero-order valence-electron chi connectivity index (χ0n) is 16.4. The molecule has 33 heavy (non-hydrogen) atoms. The fourth-order valence-corrected chi connectivity index (χ4v) is 3.67. The molecule has 1 amide bonds. The fraction of sp³-hybridized carbons (Fsp3) is 0.0909. The molecular weight excluding hydrogens is 485 g/mol. The van der Waals surface area contributed by atoms with Crippen molar-refractivity contribution in [3.8, 4) is 5.75 Å². The molecule has 0 aliphatic heterocycles. The van der Waals surface area contributed by atoms with Crippen LogP contribution in [-0.4, -0.2) is 16.1 Å². The first-order chi connectivity index (χ1) is 15.6. The van der Waals surface area contributed by atoms with E-state index in [1.54, 1.807) is 6.07 Å². The Kier molecular flexibility index (Phi) is 6.18. The number of ether oxygens (including phenoxy) is 1. The van der Waals surface area contributed by atoms with Gasteiger partial charge in [0.15, 0.2) is 5.82 Å². The smallest absolute Gasteiger partial charge is 0.416 e. The Balaban J connectivity index is 1.56. The molecule has 1 aromatic heterocycles. The summed E-state index contributed by atoms with van der Waals surface area (Å²) in [5.41, 5.74) is -0.561. The van der Waals surface area contributed by atoms with Crippen molar-refractivity contribution in [1.82, 2.24) is 10.2 Å². The molecule has 0 saturated carbocycles. The van der Waals surface area contributed by atoms with Gasteiger partial charge in [0, 0.05) is 26.6 Å². The standard InChI is InChI=1S/C22H13Cl2F4N3O2/c23-13-5-12(6-14(24)7-13)21(32)29-20-17-9-16(3-4-19(17)30-31-20)33-10-11-1-2-15(25)8-18(11)22(26,27)28/h1-9H,10H2,(H2,29,30,31,32). The number of H-pyrrole nitrogens is 1. The number of anilines is 1. The number of rotatable bonds is 5. The summed E-state index contributed by atoms with van der Waals surface area (Å²) in [6, 6.07) is 11.4. The van der Waals surface area contributed by atoms with Gasteiger partial charge in [-0.25, -0.2) is 4.39 Å². The molecule has 0 aliphatic rings. The zero-order chi connectivity index (χ0) is 23.8. The molecule has 4 aromatic rings. The predicted molar refractivity (Wildman–Crippen MR) is 116 cm³/mol. The predicted octanol–water partition coefficient (Wildman–Crippen LogP) is 6.86. The third-order valence-corrected chi connectivity index (χ3v) is 5.10. The Morgan fingerprint density at radius 2 is 1.76 bits per heavy atom. The molecule has 0 radical (unpaired) electrons. The van der Waals surface area contributed by atoms with E-state index >= 15 is 0 Å². The van der Waals surface area contributed by atoms with Crippen molar-refractivity contribution in [3.05, 3.63) is 87.2 Å². The maximum atomic E-state index is 13.3. The van der Waals surface area contributed by atoms with Crippen LogP contribution in [0.15, 0.2) is 54.6 Å². The maximum absolute atomic E-state index is 13.3. The van der Waals surface area contributed by atoms with Crippen LogP contribution in [0.1, 0.15) is 21.5 Å². The number of aromatic nitrogens is 2. The zero-order valence-corrected chi connectivity index (χ0v) is 17.9. The van der Waals surface area contributed by atoms with Gasteiger partial charge < -0.3 is 10.1 Å². The highest BCUT2D eigenvalue weighted by Crippen LogP contribution is 2.33. The molecule has 0 spiro atoms. The molecule has 170 valence electrons. The van der Waals surface area contributed by atoms with E-state index in [1.165, 1.54) is 30.3 Å². The minimum atomic E-state index is -4.73. The highest BCUT2D eigenvalue weighted by atomic mass is 35.5. The van der Waals surface area contributed by atoms with Gasteiger partial charge in [-0.3, -0.25) is 9.89 Å². The number of carbonyl (C=O) groups is 1. The third kappa shape index (κ3) is 5.20. The summed E-state index contributed by atoms with van der Waals surface area (Å²) in [6.07, 6.45) is -4.73. The van der Waals surface area contributed by atoms with E-state index in [2.05, 4.69) is 15.5 Å². The van der Waals surface area contributed by atoms with Crippen LogP contribution in [0.2, 0.25) is 10.0 Å². The Labute approximate surface area is 194 Å². The Morgan fingerprint density at radius 1 is 1.03 bits per heavy atom. The molecule has 0 fully saturated rings. The van der Waals surface area contributed by atoms with Crippen molar-refractivity contribution < 1.29 is 27.1 Å². The van der Waals surface area contributed by atoms with Crippen molar-refractivity contribution in [2.24, 2.45) is 0 Å². The second-order valence-corrected chi connectivity index (χ2v) is 7.85. The number of hydrogen-bond donors (Lipinski definition) is 2. The molecule has 3 aromatic carbocycles. The largest absolute Gasteiger partial charge is 0.489 e. The number of alkyl halides is 3. The summed E-state index contributed by atoms with van der Waals surface area (Å²) >= 11 is 11.9. The summed E-state index contributed by atoms with van der Waals surface area (Å²) < 4.78 is 58.4. The van der Waals surface area contributed by atoms with E-state index in [4.69, 9.17) is 27.9 Å². The van der Waals surface area contributed by atoms with Gasteiger partial charge in [-0.15, -0.1) is 0 Å². The minimum absolute atomic E-state index is 0.175. The van der Waals surface area contributed by atoms with Gasteiger partial charge in [0.2, 0.25) is 0 Å². The number of benzene rings is 3. The summed E-state index contributed by atoms with van der Waals surface area (Å²) in [5.74, 6) is -1.11. The van der Waals surface area contributed by atoms with Crippen LogP contribution in [0.5, 0.6) is 5.75 Å². The number of hydrogen-bond acceptors (Lipinski definition) is 3. The molecule has 0 unspecified atom stereocenters. The maximum Gasteiger partial charge on any atom is 0.416 e.